The molecule has 1 saturated carbocycles. The van der Waals surface area contributed by atoms with Gasteiger partial charge < -0.3 is 14.6 Å². The molecule has 3 unspecified atom stereocenters. The van der Waals surface area contributed by atoms with Crippen molar-refractivity contribution in [1.29, 1.82) is 5.26 Å². The van der Waals surface area contributed by atoms with Gasteiger partial charge in [-0.15, -0.1) is 0 Å². The van der Waals surface area contributed by atoms with E-state index in [2.05, 4.69) is 6.07 Å². The van der Waals surface area contributed by atoms with Crippen molar-refractivity contribution in [3.05, 3.63) is 12.2 Å². The van der Waals surface area contributed by atoms with Crippen LogP contribution in [0.25, 0.3) is 0 Å². The number of rotatable bonds is 7. The van der Waals surface area contributed by atoms with E-state index in [4.69, 9.17) is 9.47 Å². The van der Waals surface area contributed by atoms with E-state index in [0.29, 0.717) is 6.61 Å². The number of hydrogen-bond acceptors (Lipinski definition) is 4. The molecule has 1 fully saturated rings. The largest absolute Gasteiger partial charge is 0.388 e. The molecule has 1 rings (SSSR count). The van der Waals surface area contributed by atoms with Crippen LogP contribution in [0.15, 0.2) is 12.2 Å². The molecule has 1 N–H and O–H groups in total. The van der Waals surface area contributed by atoms with Crippen molar-refractivity contribution in [2.45, 2.75) is 70.9 Å². The lowest BCUT2D eigenvalue weighted by Crippen LogP contribution is -2.49. The Kier molecular flexibility index (Phi) is 7.22. The second kappa shape index (κ2) is 8.41. The molecule has 114 valence electrons. The molecule has 0 bridgehead atoms. The Balaban J connectivity index is 2.88. The molecule has 1 aliphatic carbocycles. The second-order valence-electron chi connectivity index (χ2n) is 5.39. The summed E-state index contributed by atoms with van der Waals surface area (Å²) in [4.78, 5) is 0. The van der Waals surface area contributed by atoms with E-state index in [-0.39, 0.29) is 5.92 Å². The minimum atomic E-state index is -1.31. The quantitative estimate of drug-likeness (QED) is 0.575. The Morgan fingerprint density at radius 1 is 1.40 bits per heavy atom. The van der Waals surface area contributed by atoms with Crippen molar-refractivity contribution in [1.82, 2.24) is 0 Å². The summed E-state index contributed by atoms with van der Waals surface area (Å²) in [6, 6.07) is 2.16. The highest BCUT2D eigenvalue weighted by molar-refractivity contribution is 5.20. The lowest BCUT2D eigenvalue weighted by atomic mass is 9.78. The average Bonchev–Trinajstić information content (AvgIpc) is 2.47. The van der Waals surface area contributed by atoms with Gasteiger partial charge in [-0.1, -0.05) is 25.3 Å². The summed E-state index contributed by atoms with van der Waals surface area (Å²) in [6.07, 6.45) is 7.42. The molecule has 0 aromatic heterocycles. The molecule has 0 aromatic carbocycles. The van der Waals surface area contributed by atoms with E-state index < -0.39 is 18.0 Å². The normalized spacial score (nSPS) is 23.1. The van der Waals surface area contributed by atoms with Gasteiger partial charge in [0.1, 0.15) is 12.2 Å². The maximum Gasteiger partial charge on any atom is 0.201 e. The summed E-state index contributed by atoms with van der Waals surface area (Å²) in [6.45, 7) is 5.97. The minimum absolute atomic E-state index is 0.119. The summed E-state index contributed by atoms with van der Waals surface area (Å²) < 4.78 is 11.1. The van der Waals surface area contributed by atoms with Crippen LogP contribution in [0.4, 0.5) is 0 Å². The highest BCUT2D eigenvalue weighted by Crippen LogP contribution is 2.34. The predicted octanol–water partition coefficient (Wildman–Crippen LogP) is 3.17. The van der Waals surface area contributed by atoms with Crippen molar-refractivity contribution in [2.75, 3.05) is 6.61 Å². The summed E-state index contributed by atoms with van der Waals surface area (Å²) in [5, 5.41) is 20.3. The molecule has 3 atom stereocenters. The van der Waals surface area contributed by atoms with E-state index in [1.807, 2.05) is 13.8 Å². The number of nitrogens with zero attached hydrogens (tertiary/aromatic N) is 1. The van der Waals surface area contributed by atoms with Crippen molar-refractivity contribution in [2.24, 2.45) is 5.92 Å². The van der Waals surface area contributed by atoms with Crippen LogP contribution >= 0.6 is 0 Å². The van der Waals surface area contributed by atoms with E-state index in [1.54, 1.807) is 19.1 Å². The van der Waals surface area contributed by atoms with Gasteiger partial charge in [0.05, 0.1) is 0 Å². The fraction of sp³-hybridized carbons (Fsp3) is 0.812. The van der Waals surface area contributed by atoms with Gasteiger partial charge >= 0.3 is 0 Å². The summed E-state index contributed by atoms with van der Waals surface area (Å²) in [7, 11) is 0. The third-order valence-corrected chi connectivity index (χ3v) is 3.89. The van der Waals surface area contributed by atoms with Crippen LogP contribution in [-0.4, -0.2) is 29.7 Å². The lowest BCUT2D eigenvalue weighted by Gasteiger charge is -2.37. The Hall–Kier alpha value is -0.890. The molecular weight excluding hydrogens is 254 g/mol. The zero-order valence-electron chi connectivity index (χ0n) is 12.8. The first-order chi connectivity index (χ1) is 9.59. The second-order valence-corrected chi connectivity index (χ2v) is 5.39. The lowest BCUT2D eigenvalue weighted by molar-refractivity contribution is -0.201. The van der Waals surface area contributed by atoms with Gasteiger partial charge in [0.25, 0.3) is 0 Å². The van der Waals surface area contributed by atoms with E-state index in [9.17, 15) is 10.4 Å². The van der Waals surface area contributed by atoms with Crippen molar-refractivity contribution < 1.29 is 14.6 Å². The number of aliphatic hydroxyl groups is 1. The SMILES string of the molecule is C/C=C/C(C#N)(OC(C)OCC)C(O)C1CCCCC1. The van der Waals surface area contributed by atoms with Crippen LogP contribution in [0.5, 0.6) is 0 Å². The monoisotopic (exact) mass is 281 g/mol. The zero-order chi connectivity index (χ0) is 15.0. The smallest absolute Gasteiger partial charge is 0.201 e. The molecule has 0 aliphatic heterocycles. The molecule has 1 aliphatic rings. The first-order valence-electron chi connectivity index (χ1n) is 7.62. The van der Waals surface area contributed by atoms with Gasteiger partial charge in [-0.3, -0.25) is 0 Å². The van der Waals surface area contributed by atoms with Crippen molar-refractivity contribution in [3.63, 3.8) is 0 Å². The topological polar surface area (TPSA) is 62.5 Å². The van der Waals surface area contributed by atoms with Gasteiger partial charge in [0.15, 0.2) is 6.29 Å². The van der Waals surface area contributed by atoms with E-state index >= 15 is 0 Å². The Bertz CT molecular complexity index is 344. The maximum atomic E-state index is 10.7. The van der Waals surface area contributed by atoms with Gasteiger partial charge in [-0.2, -0.15) is 5.26 Å². The van der Waals surface area contributed by atoms with E-state index in [0.717, 1.165) is 25.7 Å². The Morgan fingerprint density at radius 2 is 2.05 bits per heavy atom. The number of aliphatic hydroxyl groups excluding tert-OH is 1. The predicted molar refractivity (Wildman–Crippen MR) is 77.9 cm³/mol. The van der Waals surface area contributed by atoms with Gasteiger partial charge in [-0.25, -0.2) is 0 Å². The molecule has 0 radical (unpaired) electrons. The summed E-state index contributed by atoms with van der Waals surface area (Å²) in [5.74, 6) is 0.119. The summed E-state index contributed by atoms with van der Waals surface area (Å²) >= 11 is 0. The molecule has 0 amide bonds. The molecule has 0 heterocycles. The highest BCUT2D eigenvalue weighted by atomic mass is 16.7. The molecule has 0 spiro atoms. The fourth-order valence-corrected chi connectivity index (χ4v) is 2.93. The first kappa shape index (κ1) is 17.2. The minimum Gasteiger partial charge on any atom is -0.388 e. The molecule has 0 aromatic rings. The van der Waals surface area contributed by atoms with Gasteiger partial charge in [0.2, 0.25) is 5.60 Å². The Morgan fingerprint density at radius 3 is 2.55 bits per heavy atom. The first-order valence-corrected chi connectivity index (χ1v) is 7.62. The van der Waals surface area contributed by atoms with Crippen LogP contribution < -0.4 is 0 Å². The van der Waals surface area contributed by atoms with Crippen LogP contribution in [0.3, 0.4) is 0 Å². The van der Waals surface area contributed by atoms with Crippen LogP contribution in [-0.2, 0) is 9.47 Å². The van der Waals surface area contributed by atoms with Gasteiger partial charge in [-0.05, 0) is 45.6 Å². The van der Waals surface area contributed by atoms with Crippen molar-refractivity contribution in [3.8, 4) is 6.07 Å². The number of ether oxygens (including phenoxy) is 2. The van der Waals surface area contributed by atoms with E-state index in [1.165, 1.54) is 6.42 Å². The maximum absolute atomic E-state index is 10.7. The number of allylic oxidation sites excluding steroid dienone is 1. The molecule has 4 heteroatoms. The highest BCUT2D eigenvalue weighted by Gasteiger charge is 2.43. The molecule has 0 saturated heterocycles. The third-order valence-electron chi connectivity index (χ3n) is 3.89. The van der Waals surface area contributed by atoms with Crippen LogP contribution in [0.1, 0.15) is 52.9 Å². The van der Waals surface area contributed by atoms with Crippen LogP contribution in [0.2, 0.25) is 0 Å². The molecule has 20 heavy (non-hydrogen) atoms. The van der Waals surface area contributed by atoms with Gasteiger partial charge in [0, 0.05) is 6.61 Å². The number of hydrogen-bond donors (Lipinski definition) is 1. The third kappa shape index (κ3) is 4.31. The zero-order valence-corrected chi connectivity index (χ0v) is 12.8. The summed E-state index contributed by atoms with van der Waals surface area (Å²) in [5.41, 5.74) is -1.31. The molecular formula is C16H27NO3. The van der Waals surface area contributed by atoms with Crippen LogP contribution in [0, 0.1) is 17.2 Å². The standard InChI is InChI=1S/C16H27NO3/c1-4-11-16(12-17,20-13(3)19-5-2)15(18)14-9-7-6-8-10-14/h4,11,13-15,18H,5-10H2,1-3H3/b11-4+. The van der Waals surface area contributed by atoms with Crippen molar-refractivity contribution >= 4 is 0 Å². The fourth-order valence-electron chi connectivity index (χ4n) is 2.93. The Labute approximate surface area is 122 Å². The number of nitriles is 1. The molecule has 4 nitrogen and oxygen atoms in total. The average molecular weight is 281 g/mol.